The van der Waals surface area contributed by atoms with Crippen LogP contribution in [0.25, 0.3) is 0 Å². The first-order valence-corrected chi connectivity index (χ1v) is 8.58. The van der Waals surface area contributed by atoms with Gasteiger partial charge in [-0.1, -0.05) is 11.8 Å². The SMILES string of the molecule is Cc1cc(=O)[nH]c(SCC(=O)N2CCCC(c3ccn[nH]3)C2)n1. The van der Waals surface area contributed by atoms with Gasteiger partial charge in [-0.25, -0.2) is 4.98 Å². The number of carbonyl (C=O) groups is 1. The maximum Gasteiger partial charge on any atom is 0.251 e. The number of aromatic amines is 2. The molecule has 1 saturated heterocycles. The summed E-state index contributed by atoms with van der Waals surface area (Å²) in [4.78, 5) is 32.6. The van der Waals surface area contributed by atoms with Crippen molar-refractivity contribution in [3.05, 3.63) is 40.1 Å². The number of thioether (sulfide) groups is 1. The van der Waals surface area contributed by atoms with Crippen molar-refractivity contribution < 1.29 is 4.79 Å². The van der Waals surface area contributed by atoms with Crippen LogP contribution in [-0.2, 0) is 4.79 Å². The Morgan fingerprint density at radius 1 is 1.52 bits per heavy atom. The van der Waals surface area contributed by atoms with E-state index >= 15 is 0 Å². The molecule has 23 heavy (non-hydrogen) atoms. The Balaban J connectivity index is 1.58. The van der Waals surface area contributed by atoms with Crippen LogP contribution in [0.5, 0.6) is 0 Å². The molecule has 1 aliphatic heterocycles. The third-order valence-electron chi connectivity index (χ3n) is 3.92. The van der Waals surface area contributed by atoms with Crippen LogP contribution in [0.2, 0.25) is 0 Å². The van der Waals surface area contributed by atoms with Crippen molar-refractivity contribution in [2.45, 2.75) is 30.8 Å². The third-order valence-corrected chi connectivity index (χ3v) is 4.77. The number of hydrogen-bond acceptors (Lipinski definition) is 5. The zero-order valence-electron chi connectivity index (χ0n) is 12.9. The lowest BCUT2D eigenvalue weighted by molar-refractivity contribution is -0.129. The van der Waals surface area contributed by atoms with Gasteiger partial charge >= 0.3 is 0 Å². The Kier molecular flexibility index (Phi) is 4.80. The molecule has 0 radical (unpaired) electrons. The summed E-state index contributed by atoms with van der Waals surface area (Å²) in [5.74, 6) is 0.669. The van der Waals surface area contributed by atoms with Crippen LogP contribution >= 0.6 is 11.8 Å². The van der Waals surface area contributed by atoms with Crippen LogP contribution in [0, 0.1) is 6.92 Å². The van der Waals surface area contributed by atoms with Gasteiger partial charge in [-0.3, -0.25) is 14.7 Å². The highest BCUT2D eigenvalue weighted by Gasteiger charge is 2.25. The van der Waals surface area contributed by atoms with E-state index in [1.54, 1.807) is 13.1 Å². The van der Waals surface area contributed by atoms with Crippen molar-refractivity contribution in [2.24, 2.45) is 0 Å². The zero-order valence-corrected chi connectivity index (χ0v) is 13.7. The zero-order chi connectivity index (χ0) is 16.2. The fourth-order valence-corrected chi connectivity index (χ4v) is 3.62. The molecule has 2 aromatic rings. The standard InChI is InChI=1S/C15H19N5O2S/c1-10-7-13(21)18-15(17-10)23-9-14(22)20-6-2-3-11(8-20)12-4-5-16-19-12/h4-5,7,11H,2-3,6,8-9H2,1H3,(H,16,19)(H,17,18,21). The van der Waals surface area contributed by atoms with Gasteiger partial charge in [-0.05, 0) is 25.8 Å². The summed E-state index contributed by atoms with van der Waals surface area (Å²) in [6.07, 6.45) is 3.79. The number of nitrogens with zero attached hydrogens (tertiary/aromatic N) is 3. The molecule has 3 heterocycles. The van der Waals surface area contributed by atoms with Crippen molar-refractivity contribution in [2.75, 3.05) is 18.8 Å². The minimum Gasteiger partial charge on any atom is -0.341 e. The van der Waals surface area contributed by atoms with E-state index in [1.807, 2.05) is 11.0 Å². The Hall–Kier alpha value is -2.09. The lowest BCUT2D eigenvalue weighted by Crippen LogP contribution is -2.40. The molecule has 8 heteroatoms. The fourth-order valence-electron chi connectivity index (χ4n) is 2.79. The first-order chi connectivity index (χ1) is 11.1. The highest BCUT2D eigenvalue weighted by molar-refractivity contribution is 7.99. The molecule has 1 atom stereocenters. The number of aryl methyl sites for hydroxylation is 1. The van der Waals surface area contributed by atoms with E-state index in [4.69, 9.17) is 0 Å². The summed E-state index contributed by atoms with van der Waals surface area (Å²) in [5.41, 5.74) is 1.55. The quantitative estimate of drug-likeness (QED) is 0.649. The predicted molar refractivity (Wildman–Crippen MR) is 87.5 cm³/mol. The maximum absolute atomic E-state index is 12.4. The maximum atomic E-state index is 12.4. The highest BCUT2D eigenvalue weighted by Crippen LogP contribution is 2.26. The molecular weight excluding hydrogens is 314 g/mol. The van der Waals surface area contributed by atoms with Gasteiger partial charge in [0.1, 0.15) is 0 Å². The Labute approximate surface area is 137 Å². The molecule has 3 rings (SSSR count). The fraction of sp³-hybridized carbons (Fsp3) is 0.467. The third kappa shape index (κ3) is 4.01. The molecule has 122 valence electrons. The number of piperidine rings is 1. The van der Waals surface area contributed by atoms with E-state index in [-0.39, 0.29) is 17.2 Å². The average molecular weight is 333 g/mol. The topological polar surface area (TPSA) is 94.7 Å². The largest absolute Gasteiger partial charge is 0.341 e. The molecule has 1 amide bonds. The summed E-state index contributed by atoms with van der Waals surface area (Å²) in [5, 5.41) is 7.47. The van der Waals surface area contributed by atoms with Crippen molar-refractivity contribution in [1.82, 2.24) is 25.1 Å². The van der Waals surface area contributed by atoms with Crippen molar-refractivity contribution in [3.63, 3.8) is 0 Å². The first kappa shape index (κ1) is 15.8. The molecule has 0 aliphatic carbocycles. The van der Waals surface area contributed by atoms with Gasteiger partial charge in [-0.15, -0.1) is 0 Å². The van der Waals surface area contributed by atoms with Gasteiger partial charge in [0.2, 0.25) is 5.91 Å². The molecule has 0 spiro atoms. The summed E-state index contributed by atoms with van der Waals surface area (Å²) < 4.78 is 0. The number of hydrogen-bond donors (Lipinski definition) is 2. The summed E-state index contributed by atoms with van der Waals surface area (Å²) >= 11 is 1.27. The van der Waals surface area contributed by atoms with Crippen LogP contribution in [0.3, 0.4) is 0 Å². The second-order valence-corrected chi connectivity index (χ2v) is 6.64. The number of carbonyl (C=O) groups excluding carboxylic acids is 1. The summed E-state index contributed by atoms with van der Waals surface area (Å²) in [6.45, 7) is 3.25. The second-order valence-electron chi connectivity index (χ2n) is 5.67. The van der Waals surface area contributed by atoms with E-state index in [9.17, 15) is 9.59 Å². The average Bonchev–Trinajstić information content (AvgIpc) is 3.06. The van der Waals surface area contributed by atoms with Gasteiger partial charge in [0.15, 0.2) is 5.16 Å². The number of rotatable bonds is 4. The van der Waals surface area contributed by atoms with Crippen LogP contribution in [0.15, 0.2) is 28.3 Å². The molecule has 7 nitrogen and oxygen atoms in total. The van der Waals surface area contributed by atoms with Gasteiger partial charge < -0.3 is 9.88 Å². The van der Waals surface area contributed by atoms with Crippen LogP contribution in [0.4, 0.5) is 0 Å². The van der Waals surface area contributed by atoms with Gasteiger partial charge in [0, 0.05) is 42.7 Å². The number of likely N-dealkylation sites (tertiary alicyclic amines) is 1. The Bertz CT molecular complexity index is 728. The smallest absolute Gasteiger partial charge is 0.251 e. The van der Waals surface area contributed by atoms with E-state index < -0.39 is 0 Å². The summed E-state index contributed by atoms with van der Waals surface area (Å²) in [6, 6.07) is 3.40. The van der Waals surface area contributed by atoms with E-state index in [1.165, 1.54) is 17.8 Å². The van der Waals surface area contributed by atoms with Crippen LogP contribution in [0.1, 0.15) is 30.1 Å². The predicted octanol–water partition coefficient (Wildman–Crippen LogP) is 1.30. The molecule has 2 aromatic heterocycles. The van der Waals surface area contributed by atoms with Gasteiger partial charge in [0.25, 0.3) is 5.56 Å². The lowest BCUT2D eigenvalue weighted by Gasteiger charge is -2.32. The molecule has 0 saturated carbocycles. The van der Waals surface area contributed by atoms with E-state index in [0.717, 1.165) is 25.1 Å². The van der Waals surface area contributed by atoms with Gasteiger partial charge in [0.05, 0.1) is 5.75 Å². The molecule has 0 aromatic carbocycles. The molecular formula is C15H19N5O2S. The molecule has 1 aliphatic rings. The highest BCUT2D eigenvalue weighted by atomic mass is 32.2. The van der Waals surface area contributed by atoms with Crippen molar-refractivity contribution in [3.8, 4) is 0 Å². The van der Waals surface area contributed by atoms with Gasteiger partial charge in [-0.2, -0.15) is 5.10 Å². The first-order valence-electron chi connectivity index (χ1n) is 7.59. The molecule has 1 unspecified atom stereocenters. The number of aromatic nitrogens is 4. The Morgan fingerprint density at radius 3 is 3.13 bits per heavy atom. The Morgan fingerprint density at radius 2 is 2.39 bits per heavy atom. The normalized spacial score (nSPS) is 18.1. The molecule has 0 bridgehead atoms. The summed E-state index contributed by atoms with van der Waals surface area (Å²) in [7, 11) is 0. The van der Waals surface area contributed by atoms with Crippen molar-refractivity contribution in [1.29, 1.82) is 0 Å². The van der Waals surface area contributed by atoms with Crippen LogP contribution < -0.4 is 5.56 Å². The number of H-pyrrole nitrogens is 2. The molecule has 2 N–H and O–H groups in total. The minimum absolute atomic E-state index is 0.0726. The second kappa shape index (κ2) is 6.99. The minimum atomic E-state index is -0.190. The monoisotopic (exact) mass is 333 g/mol. The van der Waals surface area contributed by atoms with E-state index in [2.05, 4.69) is 20.2 Å². The lowest BCUT2D eigenvalue weighted by atomic mass is 9.95. The molecule has 1 fully saturated rings. The van der Waals surface area contributed by atoms with Crippen LogP contribution in [-0.4, -0.2) is 49.8 Å². The van der Waals surface area contributed by atoms with Crippen molar-refractivity contribution >= 4 is 17.7 Å². The number of amides is 1. The number of nitrogens with one attached hydrogen (secondary N) is 2. The van der Waals surface area contributed by atoms with E-state index in [0.29, 0.717) is 23.3 Å².